The lowest BCUT2D eigenvalue weighted by atomic mass is 9.78. The number of nitrogens with one attached hydrogen (secondary N) is 2. The molecule has 0 aromatic carbocycles. The smallest absolute Gasteiger partial charge is 0.276 e. The van der Waals surface area contributed by atoms with Crippen LogP contribution >= 0.6 is 0 Å². The van der Waals surface area contributed by atoms with Gasteiger partial charge in [0.15, 0.2) is 0 Å². The van der Waals surface area contributed by atoms with Gasteiger partial charge >= 0.3 is 0 Å². The van der Waals surface area contributed by atoms with Crippen LogP contribution in [0.25, 0.3) is 0 Å². The molecule has 2 spiro atoms. The normalized spacial score (nSPS) is 24.7. The third kappa shape index (κ3) is 2.43. The third-order valence-corrected chi connectivity index (χ3v) is 6.25. The molecule has 2 aromatic rings. The van der Waals surface area contributed by atoms with Gasteiger partial charge in [-0.3, -0.25) is 14.2 Å². The highest BCUT2D eigenvalue weighted by Crippen LogP contribution is 2.60. The second-order valence-electron chi connectivity index (χ2n) is 8.20. The average Bonchev–Trinajstić information content (AvgIpc) is 3.28. The molecule has 140 valence electrons. The molecule has 0 radical (unpaired) electrons. The number of fused-ring (bicyclic) bond motifs is 2. The van der Waals surface area contributed by atoms with Gasteiger partial charge in [-0.2, -0.15) is 0 Å². The predicted octanol–water partition coefficient (Wildman–Crippen LogP) is 2.02. The van der Waals surface area contributed by atoms with Crippen LogP contribution in [0.4, 0.5) is 17.3 Å². The zero-order valence-corrected chi connectivity index (χ0v) is 15.2. The Morgan fingerprint density at radius 2 is 2.00 bits per heavy atom. The lowest BCUT2D eigenvalue weighted by molar-refractivity contribution is 0.0790. The van der Waals surface area contributed by atoms with E-state index in [1.807, 2.05) is 6.92 Å². The van der Waals surface area contributed by atoms with Crippen molar-refractivity contribution in [3.63, 3.8) is 0 Å². The Hall–Kier alpha value is -2.90. The van der Waals surface area contributed by atoms with Gasteiger partial charge in [-0.15, -0.1) is 0 Å². The number of rotatable bonds is 2. The van der Waals surface area contributed by atoms with Gasteiger partial charge in [0.25, 0.3) is 11.5 Å². The summed E-state index contributed by atoms with van der Waals surface area (Å²) in [4.78, 5) is 34.1. The minimum Gasteiger partial charge on any atom is -0.384 e. The summed E-state index contributed by atoms with van der Waals surface area (Å²) in [5.74, 6) is 0.620. The molecule has 4 N–H and O–H groups in total. The van der Waals surface area contributed by atoms with Crippen LogP contribution < -0.4 is 21.9 Å². The molecule has 2 aromatic heterocycles. The number of pyridine rings is 1. The van der Waals surface area contributed by atoms with Crippen LogP contribution in [-0.4, -0.2) is 20.4 Å². The molecule has 3 heterocycles. The van der Waals surface area contributed by atoms with Crippen LogP contribution in [0.15, 0.2) is 23.3 Å². The first kappa shape index (κ1) is 16.3. The fourth-order valence-corrected chi connectivity index (χ4v) is 4.88. The van der Waals surface area contributed by atoms with Gasteiger partial charge < -0.3 is 16.4 Å². The monoisotopic (exact) mass is 366 g/mol. The number of amides is 1. The van der Waals surface area contributed by atoms with Crippen LogP contribution in [0.3, 0.4) is 0 Å². The molecular weight excluding hydrogens is 344 g/mol. The highest BCUT2D eigenvalue weighted by Gasteiger charge is 2.56. The summed E-state index contributed by atoms with van der Waals surface area (Å²) in [5, 5.41) is 6.22. The number of nitrogens with two attached hydrogens (primary N) is 1. The van der Waals surface area contributed by atoms with Crippen molar-refractivity contribution in [2.45, 2.75) is 51.1 Å². The number of aromatic nitrogens is 3. The molecule has 0 bridgehead atoms. The summed E-state index contributed by atoms with van der Waals surface area (Å²) in [6.45, 7) is 1.86. The Bertz CT molecular complexity index is 1030. The lowest BCUT2D eigenvalue weighted by Gasteiger charge is -2.39. The van der Waals surface area contributed by atoms with Gasteiger partial charge in [0.05, 0.1) is 0 Å². The van der Waals surface area contributed by atoms with Crippen molar-refractivity contribution in [3.05, 3.63) is 40.1 Å². The van der Waals surface area contributed by atoms with E-state index < -0.39 is 5.66 Å². The summed E-state index contributed by atoms with van der Waals surface area (Å²) in [6, 6.07) is 3.28. The molecule has 3 aliphatic rings. The maximum absolute atomic E-state index is 13.4. The Balaban J connectivity index is 1.63. The number of nitrogen functional groups attached to an aromatic ring is 1. The van der Waals surface area contributed by atoms with Gasteiger partial charge in [0.2, 0.25) is 0 Å². The molecule has 1 amide bonds. The van der Waals surface area contributed by atoms with Gasteiger partial charge in [-0.25, -0.2) is 9.97 Å². The fourth-order valence-electron chi connectivity index (χ4n) is 4.88. The summed E-state index contributed by atoms with van der Waals surface area (Å²) in [6.07, 6.45) is 7.55. The minimum absolute atomic E-state index is 0.153. The highest BCUT2D eigenvalue weighted by molar-refractivity contribution is 5.97. The van der Waals surface area contributed by atoms with Crippen LogP contribution in [0, 0.1) is 12.3 Å². The van der Waals surface area contributed by atoms with Crippen molar-refractivity contribution in [2.75, 3.05) is 11.1 Å². The molecule has 1 atom stereocenters. The average molecular weight is 366 g/mol. The van der Waals surface area contributed by atoms with E-state index in [0.717, 1.165) is 24.8 Å². The van der Waals surface area contributed by atoms with Gasteiger partial charge in [-0.1, -0.05) is 0 Å². The fraction of sp³-hybridized carbons (Fsp3) is 0.474. The largest absolute Gasteiger partial charge is 0.384 e. The van der Waals surface area contributed by atoms with E-state index in [1.54, 1.807) is 16.7 Å². The number of aryl methyl sites for hydroxylation is 1. The number of hydrogen-bond donors (Lipinski definition) is 3. The first-order valence-corrected chi connectivity index (χ1v) is 9.36. The number of carbonyl (C=O) groups is 1. The maximum Gasteiger partial charge on any atom is 0.276 e. The van der Waals surface area contributed by atoms with Gasteiger partial charge in [0, 0.05) is 6.07 Å². The van der Waals surface area contributed by atoms with E-state index in [1.165, 1.54) is 25.6 Å². The van der Waals surface area contributed by atoms with E-state index >= 15 is 0 Å². The second-order valence-corrected chi connectivity index (χ2v) is 8.20. The van der Waals surface area contributed by atoms with Crippen LogP contribution in [0.5, 0.6) is 0 Å². The Labute approximate surface area is 156 Å². The maximum atomic E-state index is 13.4. The van der Waals surface area contributed by atoms with Crippen LogP contribution in [0.1, 0.15) is 54.6 Å². The van der Waals surface area contributed by atoms with Crippen molar-refractivity contribution < 1.29 is 4.79 Å². The first-order valence-electron chi connectivity index (χ1n) is 9.36. The molecule has 8 heteroatoms. The van der Waals surface area contributed by atoms with Crippen molar-refractivity contribution in [1.82, 2.24) is 19.9 Å². The predicted molar refractivity (Wildman–Crippen MR) is 101 cm³/mol. The first-order chi connectivity index (χ1) is 12.9. The van der Waals surface area contributed by atoms with Crippen LogP contribution in [0.2, 0.25) is 0 Å². The van der Waals surface area contributed by atoms with E-state index in [-0.39, 0.29) is 11.5 Å². The standard InChI is InChI=1S/C19H22N6O2/c1-11-7-12(23-14-8-13(20)21-10-22-14)17(27)25-15(11)16(26)24-19(25)4-2-3-18(9-19)5-6-18/h7-8,10H,2-6,9H2,1H3,(H,24,26)(H3,20,21,22,23)/t19-/m0/s1. The SMILES string of the molecule is Cc1cc(Nc2cc(N)ncn2)c(=O)n2c1C(=O)N[C@@]21CCCC2(CC2)C1. The quantitative estimate of drug-likeness (QED) is 0.749. The topological polar surface area (TPSA) is 115 Å². The molecule has 8 nitrogen and oxygen atoms in total. The second kappa shape index (κ2) is 5.31. The molecule has 0 unspecified atom stereocenters. The molecule has 0 saturated heterocycles. The molecule has 2 saturated carbocycles. The van der Waals surface area contributed by atoms with E-state index in [2.05, 4.69) is 20.6 Å². The number of anilines is 3. The molecule has 5 rings (SSSR count). The van der Waals surface area contributed by atoms with E-state index in [9.17, 15) is 9.59 Å². The summed E-state index contributed by atoms with van der Waals surface area (Å²) >= 11 is 0. The van der Waals surface area contributed by atoms with E-state index in [4.69, 9.17) is 5.73 Å². The van der Waals surface area contributed by atoms with Gasteiger partial charge in [-0.05, 0) is 62.5 Å². The summed E-state index contributed by atoms with van der Waals surface area (Å²) in [5.41, 5.74) is 6.83. The zero-order valence-electron chi connectivity index (χ0n) is 15.2. The molecule has 1 aliphatic heterocycles. The van der Waals surface area contributed by atoms with Crippen molar-refractivity contribution >= 4 is 23.2 Å². The Morgan fingerprint density at radius 1 is 1.19 bits per heavy atom. The molecule has 27 heavy (non-hydrogen) atoms. The number of hydrogen-bond acceptors (Lipinski definition) is 6. The highest BCUT2D eigenvalue weighted by atomic mass is 16.2. The minimum atomic E-state index is -0.606. The Kier molecular flexibility index (Phi) is 3.20. The van der Waals surface area contributed by atoms with Crippen molar-refractivity contribution in [3.8, 4) is 0 Å². The zero-order chi connectivity index (χ0) is 18.8. The van der Waals surface area contributed by atoms with Gasteiger partial charge in [0.1, 0.15) is 35.0 Å². The number of carbonyl (C=O) groups excluding carboxylic acids is 1. The molecular formula is C19H22N6O2. The van der Waals surface area contributed by atoms with Crippen LogP contribution in [-0.2, 0) is 5.66 Å². The molecule has 2 fully saturated rings. The van der Waals surface area contributed by atoms with Crippen molar-refractivity contribution in [2.24, 2.45) is 5.41 Å². The lowest BCUT2D eigenvalue weighted by Crippen LogP contribution is -2.51. The summed E-state index contributed by atoms with van der Waals surface area (Å²) in [7, 11) is 0. The number of nitrogens with zero attached hydrogens (tertiary/aromatic N) is 3. The Morgan fingerprint density at radius 3 is 2.74 bits per heavy atom. The van der Waals surface area contributed by atoms with E-state index in [0.29, 0.717) is 28.4 Å². The molecule has 2 aliphatic carbocycles. The third-order valence-electron chi connectivity index (χ3n) is 6.25. The summed E-state index contributed by atoms with van der Waals surface area (Å²) < 4.78 is 1.71. The van der Waals surface area contributed by atoms with Crippen molar-refractivity contribution in [1.29, 1.82) is 0 Å².